The summed E-state index contributed by atoms with van der Waals surface area (Å²) in [5.74, 6) is -0.359. The number of hydrogen-bond acceptors (Lipinski definition) is 4. The fourth-order valence-electron chi connectivity index (χ4n) is 1.37. The van der Waals surface area contributed by atoms with Gasteiger partial charge in [-0.3, -0.25) is 0 Å². The highest BCUT2D eigenvalue weighted by Crippen LogP contribution is 2.30. The third-order valence-electron chi connectivity index (χ3n) is 2.13. The maximum atomic E-state index is 12.7. The van der Waals surface area contributed by atoms with Crippen LogP contribution >= 0.6 is 0 Å². The molecule has 0 amide bonds. The maximum absolute atomic E-state index is 12.7. The van der Waals surface area contributed by atoms with Crippen LogP contribution in [0, 0.1) is 0 Å². The first-order chi connectivity index (χ1) is 8.49. The summed E-state index contributed by atoms with van der Waals surface area (Å²) in [5.41, 5.74) is 4.91. The van der Waals surface area contributed by atoms with Crippen LogP contribution in [0.5, 0.6) is 5.75 Å². The Labute approximate surface area is 98.1 Å². The van der Waals surface area contributed by atoms with Gasteiger partial charge >= 0.3 is 17.7 Å². The minimum absolute atomic E-state index is 0.195. The van der Waals surface area contributed by atoms with Crippen molar-refractivity contribution in [1.29, 1.82) is 0 Å². The molecule has 0 fully saturated rings. The van der Waals surface area contributed by atoms with Gasteiger partial charge in [-0.25, -0.2) is 4.79 Å². The summed E-state index contributed by atoms with van der Waals surface area (Å²) in [6.07, 6.45) is -2.61. The minimum Gasteiger partial charge on any atom is -0.424 e. The zero-order valence-corrected chi connectivity index (χ0v) is 8.75. The first-order valence-electron chi connectivity index (χ1n) is 4.70. The molecule has 94 valence electrons. The minimum atomic E-state index is -2.61. The van der Waals surface area contributed by atoms with Gasteiger partial charge in [0.1, 0.15) is 0 Å². The molecule has 1 aromatic carbocycles. The maximum Gasteiger partial charge on any atom is 0.344 e. The summed E-state index contributed by atoms with van der Waals surface area (Å²) in [7, 11) is 0. The van der Waals surface area contributed by atoms with Crippen LogP contribution in [-0.2, 0) is 0 Å². The Hall–Kier alpha value is -2.44. The van der Waals surface area contributed by atoms with E-state index < -0.39 is 17.7 Å². The summed E-state index contributed by atoms with van der Waals surface area (Å²) < 4.78 is 45.6. The number of fused-ring (bicyclic) bond motifs is 1. The molecule has 2 N–H and O–H groups in total. The van der Waals surface area contributed by atoms with E-state index in [1.165, 1.54) is 12.1 Å². The highest BCUT2D eigenvalue weighted by atomic mass is 19.3. The van der Waals surface area contributed by atoms with Gasteiger partial charge in [0.25, 0.3) is 0 Å². The van der Waals surface area contributed by atoms with Gasteiger partial charge in [0.05, 0.1) is 0 Å². The summed E-state index contributed by atoms with van der Waals surface area (Å²) in [6, 6.07) is 2.82. The van der Waals surface area contributed by atoms with E-state index in [4.69, 9.17) is 10.2 Å². The zero-order valence-electron chi connectivity index (χ0n) is 8.75. The van der Waals surface area contributed by atoms with Gasteiger partial charge in [-0.2, -0.15) is 13.2 Å². The molecule has 2 aromatic rings. The Morgan fingerprint density at radius 2 is 1.89 bits per heavy atom. The highest BCUT2D eigenvalue weighted by Gasteiger charge is 2.13. The Kier molecular flexibility index (Phi) is 2.97. The van der Waals surface area contributed by atoms with Gasteiger partial charge < -0.3 is 14.9 Å². The fraction of sp³-hybridized carbons (Fsp3) is 0. The van der Waals surface area contributed by atoms with Crippen molar-refractivity contribution in [3.05, 3.63) is 46.8 Å². The molecule has 0 aliphatic carbocycles. The van der Waals surface area contributed by atoms with Crippen molar-refractivity contribution in [2.24, 2.45) is 0 Å². The number of nitrogen functional groups attached to an aromatic ring is 1. The van der Waals surface area contributed by atoms with Gasteiger partial charge in [0.2, 0.25) is 0 Å². The molecule has 0 aliphatic heterocycles. The second-order valence-electron chi connectivity index (χ2n) is 3.29. The third-order valence-corrected chi connectivity index (χ3v) is 2.13. The molecule has 0 spiro atoms. The van der Waals surface area contributed by atoms with Crippen LogP contribution in [0.4, 0.5) is 18.9 Å². The Bertz CT molecular complexity index is 689. The molecular weight excluding hydrogens is 251 g/mol. The average Bonchev–Trinajstić information content (AvgIpc) is 2.32. The lowest BCUT2D eigenvalue weighted by atomic mass is 10.2. The number of ether oxygens (including phenoxy) is 1. The van der Waals surface area contributed by atoms with E-state index in [1.54, 1.807) is 0 Å². The van der Waals surface area contributed by atoms with E-state index in [0.717, 1.165) is 12.1 Å². The Balaban J connectivity index is 2.65. The SMILES string of the molecule is Nc1ccc(OC(F)=C(F)F)c2oc(=O)ccc12. The largest absolute Gasteiger partial charge is 0.424 e. The number of rotatable bonds is 2. The first kappa shape index (κ1) is 12.0. The molecule has 2 rings (SSSR count). The number of halogens is 3. The summed E-state index contributed by atoms with van der Waals surface area (Å²) in [5, 5.41) is 0.263. The van der Waals surface area contributed by atoms with Crippen LogP contribution in [-0.4, -0.2) is 0 Å². The van der Waals surface area contributed by atoms with Crippen molar-refractivity contribution in [3.63, 3.8) is 0 Å². The van der Waals surface area contributed by atoms with Crippen LogP contribution in [0.1, 0.15) is 0 Å². The van der Waals surface area contributed by atoms with E-state index in [2.05, 4.69) is 4.74 Å². The van der Waals surface area contributed by atoms with Crippen molar-refractivity contribution >= 4 is 16.7 Å². The van der Waals surface area contributed by atoms with Gasteiger partial charge in [0, 0.05) is 17.1 Å². The predicted molar refractivity (Wildman–Crippen MR) is 57.9 cm³/mol. The lowest BCUT2D eigenvalue weighted by molar-refractivity contribution is 0.241. The molecule has 0 saturated heterocycles. The van der Waals surface area contributed by atoms with E-state index in [-0.39, 0.29) is 22.4 Å². The standard InChI is InChI=1S/C11H6F3NO3/c12-10(13)11(14)17-7-3-2-6(15)5-1-4-8(16)18-9(5)7/h1-4H,15H2. The number of benzene rings is 1. The zero-order chi connectivity index (χ0) is 13.3. The topological polar surface area (TPSA) is 65.5 Å². The third kappa shape index (κ3) is 2.15. The molecule has 0 radical (unpaired) electrons. The predicted octanol–water partition coefficient (Wildman–Crippen LogP) is 2.79. The molecule has 0 saturated carbocycles. The molecule has 0 aliphatic rings. The molecule has 4 nitrogen and oxygen atoms in total. The number of anilines is 1. The Morgan fingerprint density at radius 1 is 1.17 bits per heavy atom. The van der Waals surface area contributed by atoms with Crippen molar-refractivity contribution in [2.45, 2.75) is 0 Å². The molecule has 18 heavy (non-hydrogen) atoms. The normalized spacial score (nSPS) is 10.4. The van der Waals surface area contributed by atoms with Crippen LogP contribution in [0.15, 0.2) is 45.6 Å². The molecule has 1 heterocycles. The molecule has 0 bridgehead atoms. The second kappa shape index (κ2) is 4.44. The Morgan fingerprint density at radius 3 is 2.56 bits per heavy atom. The van der Waals surface area contributed by atoms with Crippen LogP contribution in [0.25, 0.3) is 11.0 Å². The molecule has 7 heteroatoms. The fourth-order valence-corrected chi connectivity index (χ4v) is 1.37. The molecule has 0 atom stereocenters. The van der Waals surface area contributed by atoms with Gasteiger partial charge in [-0.05, 0) is 18.2 Å². The van der Waals surface area contributed by atoms with Crippen LogP contribution in [0.2, 0.25) is 0 Å². The number of hydrogen-bond donors (Lipinski definition) is 1. The first-order valence-corrected chi connectivity index (χ1v) is 4.70. The summed E-state index contributed by atoms with van der Waals surface area (Å²) >= 11 is 0. The van der Waals surface area contributed by atoms with E-state index in [1.807, 2.05) is 0 Å². The summed E-state index contributed by atoms with van der Waals surface area (Å²) in [6.45, 7) is 0. The van der Waals surface area contributed by atoms with E-state index in [0.29, 0.717) is 0 Å². The quantitative estimate of drug-likeness (QED) is 0.510. The van der Waals surface area contributed by atoms with Crippen molar-refractivity contribution < 1.29 is 22.3 Å². The highest BCUT2D eigenvalue weighted by molar-refractivity contribution is 5.92. The van der Waals surface area contributed by atoms with Gasteiger partial charge in [-0.1, -0.05) is 0 Å². The van der Waals surface area contributed by atoms with Crippen LogP contribution < -0.4 is 16.1 Å². The van der Waals surface area contributed by atoms with E-state index >= 15 is 0 Å². The van der Waals surface area contributed by atoms with Crippen molar-refractivity contribution in [2.75, 3.05) is 5.73 Å². The van der Waals surface area contributed by atoms with Gasteiger partial charge in [-0.15, -0.1) is 0 Å². The molecule has 1 aromatic heterocycles. The van der Waals surface area contributed by atoms with Crippen molar-refractivity contribution in [3.8, 4) is 5.75 Å². The monoisotopic (exact) mass is 257 g/mol. The molecular formula is C11H6F3NO3. The van der Waals surface area contributed by atoms with Crippen molar-refractivity contribution in [1.82, 2.24) is 0 Å². The molecule has 0 unspecified atom stereocenters. The lowest BCUT2D eigenvalue weighted by Gasteiger charge is -2.06. The van der Waals surface area contributed by atoms with E-state index in [9.17, 15) is 18.0 Å². The van der Waals surface area contributed by atoms with Crippen LogP contribution in [0.3, 0.4) is 0 Å². The second-order valence-corrected chi connectivity index (χ2v) is 3.29. The lowest BCUT2D eigenvalue weighted by Crippen LogP contribution is -1.99. The smallest absolute Gasteiger partial charge is 0.344 e. The summed E-state index contributed by atoms with van der Waals surface area (Å²) in [4.78, 5) is 11.0. The van der Waals surface area contributed by atoms with Gasteiger partial charge in [0.15, 0.2) is 11.3 Å². The average molecular weight is 257 g/mol. The number of nitrogens with two attached hydrogens (primary N) is 1.